The number of benzene rings is 1. The molecule has 4 heteroatoms. The van der Waals surface area contributed by atoms with Crippen molar-refractivity contribution >= 4 is 24.4 Å². The van der Waals surface area contributed by atoms with Crippen molar-refractivity contribution in [1.29, 1.82) is 0 Å². The Bertz CT molecular complexity index is 169. The standard InChI is InChI=1S/C6H6O2.H2O.Sb/c7-5-3-1-2-4-6(5)8;;/h1-4,7-8H;1H2;. The third-order valence-corrected chi connectivity index (χ3v) is 0.882. The summed E-state index contributed by atoms with van der Waals surface area (Å²) in [6, 6.07) is 6.15. The zero-order chi connectivity index (χ0) is 5.98. The number of aromatic hydroxyl groups is 2. The van der Waals surface area contributed by atoms with Gasteiger partial charge in [-0.25, -0.2) is 0 Å². The van der Waals surface area contributed by atoms with Gasteiger partial charge < -0.3 is 15.7 Å². The molecule has 3 nitrogen and oxygen atoms in total. The smallest absolute Gasteiger partial charge is 0.157 e. The molecule has 0 atom stereocenters. The molecule has 0 amide bonds. The van der Waals surface area contributed by atoms with Gasteiger partial charge in [-0.1, -0.05) is 12.1 Å². The topological polar surface area (TPSA) is 72.0 Å². The number of hydrogen-bond acceptors (Lipinski definition) is 2. The minimum atomic E-state index is -0.0764. The predicted octanol–water partition coefficient (Wildman–Crippen LogP) is -0.108. The van der Waals surface area contributed by atoms with Crippen LogP contribution in [0, 0.1) is 0 Å². The molecule has 0 fully saturated rings. The average Bonchev–Trinajstić information content (AvgIpc) is 1.77. The molecule has 10 heavy (non-hydrogen) atoms. The van der Waals surface area contributed by atoms with Crippen LogP contribution in [0.2, 0.25) is 0 Å². The first-order valence-electron chi connectivity index (χ1n) is 2.27. The monoisotopic (exact) mass is 249 g/mol. The molecule has 0 heterocycles. The number of phenols is 2. The summed E-state index contributed by atoms with van der Waals surface area (Å²) in [7, 11) is 0. The van der Waals surface area contributed by atoms with Crippen LogP contribution in [0.4, 0.5) is 0 Å². The molecular formula is C6H8O3Sb. The van der Waals surface area contributed by atoms with Crippen molar-refractivity contribution < 1.29 is 15.7 Å². The molecule has 0 unspecified atom stereocenters. The fraction of sp³-hybridized carbons (Fsp3) is 0. The Morgan fingerprint density at radius 1 is 0.900 bits per heavy atom. The number of phenolic OH excluding ortho intramolecular Hbond substituents is 2. The third kappa shape index (κ3) is 2.95. The summed E-state index contributed by atoms with van der Waals surface area (Å²) >= 11 is 0. The van der Waals surface area contributed by atoms with E-state index in [-0.39, 0.29) is 41.4 Å². The minimum absolute atomic E-state index is 0. The molecule has 3 radical (unpaired) electrons. The van der Waals surface area contributed by atoms with Crippen molar-refractivity contribution in [3.63, 3.8) is 0 Å². The van der Waals surface area contributed by atoms with E-state index >= 15 is 0 Å². The second-order valence-electron chi connectivity index (χ2n) is 1.49. The van der Waals surface area contributed by atoms with Crippen molar-refractivity contribution in [2.75, 3.05) is 0 Å². The summed E-state index contributed by atoms with van der Waals surface area (Å²) in [5, 5.41) is 17.3. The number of para-hydroxylation sites is 2. The van der Waals surface area contributed by atoms with E-state index in [4.69, 9.17) is 10.2 Å². The Labute approximate surface area is 76.1 Å². The van der Waals surface area contributed by atoms with Crippen LogP contribution in [0.15, 0.2) is 24.3 Å². The predicted molar refractivity (Wildman–Crippen MR) is 39.1 cm³/mol. The number of rotatable bonds is 0. The fourth-order valence-electron chi connectivity index (χ4n) is 0.464. The van der Waals surface area contributed by atoms with Gasteiger partial charge in [0.05, 0.1) is 0 Å². The van der Waals surface area contributed by atoms with E-state index in [2.05, 4.69) is 0 Å². The van der Waals surface area contributed by atoms with Gasteiger partial charge in [0, 0.05) is 24.4 Å². The second-order valence-corrected chi connectivity index (χ2v) is 1.49. The molecule has 0 bridgehead atoms. The summed E-state index contributed by atoms with van der Waals surface area (Å²) < 4.78 is 0. The minimum Gasteiger partial charge on any atom is -0.504 e. The molecule has 0 aromatic heterocycles. The zero-order valence-corrected chi connectivity index (χ0v) is 7.70. The van der Waals surface area contributed by atoms with E-state index in [9.17, 15) is 0 Å². The second kappa shape index (κ2) is 5.39. The van der Waals surface area contributed by atoms with Crippen molar-refractivity contribution in [2.45, 2.75) is 0 Å². The molecular weight excluding hydrogens is 242 g/mol. The van der Waals surface area contributed by atoms with Crippen LogP contribution >= 0.6 is 0 Å². The molecule has 0 saturated carbocycles. The first-order valence-corrected chi connectivity index (χ1v) is 2.27. The molecule has 1 rings (SSSR count). The molecule has 0 aliphatic rings. The Balaban J connectivity index is 0. The van der Waals surface area contributed by atoms with E-state index < -0.39 is 0 Å². The maximum Gasteiger partial charge on any atom is 0.157 e. The van der Waals surface area contributed by atoms with Crippen LogP contribution in [-0.4, -0.2) is 40.1 Å². The Morgan fingerprint density at radius 3 is 1.40 bits per heavy atom. The maximum absolute atomic E-state index is 8.67. The van der Waals surface area contributed by atoms with E-state index in [1.807, 2.05) is 0 Å². The van der Waals surface area contributed by atoms with E-state index in [1.165, 1.54) is 12.1 Å². The summed E-state index contributed by atoms with van der Waals surface area (Å²) in [6.07, 6.45) is 0. The zero-order valence-electron chi connectivity index (χ0n) is 5.15. The maximum atomic E-state index is 8.67. The van der Waals surface area contributed by atoms with Gasteiger partial charge in [0.1, 0.15) is 0 Å². The molecule has 0 aliphatic heterocycles. The summed E-state index contributed by atoms with van der Waals surface area (Å²) in [5.74, 6) is -0.153. The summed E-state index contributed by atoms with van der Waals surface area (Å²) in [6.45, 7) is 0. The van der Waals surface area contributed by atoms with Crippen molar-refractivity contribution in [3.05, 3.63) is 24.3 Å². The van der Waals surface area contributed by atoms with Gasteiger partial charge in [-0.2, -0.15) is 0 Å². The molecule has 55 valence electrons. The summed E-state index contributed by atoms with van der Waals surface area (Å²) in [5.41, 5.74) is 0. The normalized spacial score (nSPS) is 7.20. The van der Waals surface area contributed by atoms with Gasteiger partial charge in [-0.15, -0.1) is 0 Å². The van der Waals surface area contributed by atoms with Gasteiger partial charge >= 0.3 is 0 Å². The first-order chi connectivity index (χ1) is 3.80. The van der Waals surface area contributed by atoms with E-state index in [0.29, 0.717) is 0 Å². The molecule has 0 aliphatic carbocycles. The molecule has 4 N–H and O–H groups in total. The van der Waals surface area contributed by atoms with Crippen molar-refractivity contribution in [3.8, 4) is 11.5 Å². The van der Waals surface area contributed by atoms with E-state index in [1.54, 1.807) is 12.1 Å². The van der Waals surface area contributed by atoms with Gasteiger partial charge in [0.15, 0.2) is 11.5 Å². The quantitative estimate of drug-likeness (QED) is 0.498. The van der Waals surface area contributed by atoms with Crippen LogP contribution in [-0.2, 0) is 0 Å². The van der Waals surface area contributed by atoms with Gasteiger partial charge in [0.25, 0.3) is 0 Å². The fourth-order valence-corrected chi connectivity index (χ4v) is 0.464. The van der Waals surface area contributed by atoms with Crippen molar-refractivity contribution in [2.24, 2.45) is 0 Å². The largest absolute Gasteiger partial charge is 0.504 e. The van der Waals surface area contributed by atoms with Gasteiger partial charge in [-0.05, 0) is 12.1 Å². The average molecular weight is 250 g/mol. The van der Waals surface area contributed by atoms with Gasteiger partial charge in [0.2, 0.25) is 0 Å². The molecule has 1 aromatic carbocycles. The van der Waals surface area contributed by atoms with Gasteiger partial charge in [-0.3, -0.25) is 0 Å². The van der Waals surface area contributed by atoms with Crippen LogP contribution in [0.25, 0.3) is 0 Å². The Kier molecular flexibility index (Phi) is 6.62. The van der Waals surface area contributed by atoms with Crippen LogP contribution in [0.5, 0.6) is 11.5 Å². The molecule has 0 saturated heterocycles. The molecule has 0 spiro atoms. The van der Waals surface area contributed by atoms with Crippen molar-refractivity contribution in [1.82, 2.24) is 0 Å². The number of hydrogen-bond donors (Lipinski definition) is 2. The Morgan fingerprint density at radius 2 is 1.20 bits per heavy atom. The first kappa shape index (κ1) is 12.3. The third-order valence-electron chi connectivity index (χ3n) is 0.882. The van der Waals surface area contributed by atoms with Crippen LogP contribution in [0.1, 0.15) is 0 Å². The Hall–Kier alpha value is -0.402. The SMILES string of the molecule is O.Oc1ccccc1O.[Sb]. The van der Waals surface area contributed by atoms with E-state index in [0.717, 1.165) is 0 Å². The summed E-state index contributed by atoms with van der Waals surface area (Å²) in [4.78, 5) is 0. The van der Waals surface area contributed by atoms with Crippen LogP contribution < -0.4 is 0 Å². The molecule has 1 aromatic rings. The van der Waals surface area contributed by atoms with Crippen LogP contribution in [0.3, 0.4) is 0 Å².